The maximum absolute atomic E-state index is 12.3. The lowest BCUT2D eigenvalue weighted by molar-refractivity contribution is -0.117. The summed E-state index contributed by atoms with van der Waals surface area (Å²) in [6, 6.07) is 13.1. The third-order valence-electron chi connectivity index (χ3n) is 4.63. The number of anilines is 2. The smallest absolute Gasteiger partial charge is 0.234 e. The quantitative estimate of drug-likeness (QED) is 0.778. The van der Waals surface area contributed by atoms with E-state index in [4.69, 9.17) is 9.47 Å². The molecule has 6 nitrogen and oxygen atoms in total. The van der Waals surface area contributed by atoms with E-state index < -0.39 is 0 Å². The molecule has 0 unspecified atom stereocenters. The summed E-state index contributed by atoms with van der Waals surface area (Å²) in [6.45, 7) is 2.06. The van der Waals surface area contributed by atoms with E-state index in [0.29, 0.717) is 25.4 Å². The average molecular weight is 398 g/mol. The van der Waals surface area contributed by atoms with Crippen LogP contribution in [-0.2, 0) is 9.59 Å². The van der Waals surface area contributed by atoms with E-state index >= 15 is 0 Å². The first-order valence-electron chi connectivity index (χ1n) is 9.42. The molecule has 28 heavy (non-hydrogen) atoms. The van der Waals surface area contributed by atoms with Crippen LogP contribution in [0.25, 0.3) is 0 Å². The Morgan fingerprint density at radius 1 is 1.04 bits per heavy atom. The van der Waals surface area contributed by atoms with Gasteiger partial charge in [-0.15, -0.1) is 11.8 Å². The van der Waals surface area contributed by atoms with Crippen LogP contribution < -0.4 is 19.7 Å². The van der Waals surface area contributed by atoms with Gasteiger partial charge in [0.1, 0.15) is 0 Å². The Labute approximate surface area is 168 Å². The van der Waals surface area contributed by atoms with Crippen LogP contribution in [0.2, 0.25) is 0 Å². The minimum Gasteiger partial charge on any atom is -0.490 e. The van der Waals surface area contributed by atoms with Gasteiger partial charge in [0, 0.05) is 35.7 Å². The van der Waals surface area contributed by atoms with Gasteiger partial charge >= 0.3 is 0 Å². The number of rotatable bonds is 5. The first kappa shape index (κ1) is 18.7. The highest BCUT2D eigenvalue weighted by Crippen LogP contribution is 2.34. The molecule has 2 amide bonds. The lowest BCUT2D eigenvalue weighted by atomic mass is 10.2. The van der Waals surface area contributed by atoms with Gasteiger partial charge in [-0.05, 0) is 48.9 Å². The molecule has 0 atom stereocenters. The molecule has 1 saturated heterocycles. The van der Waals surface area contributed by atoms with E-state index in [1.54, 1.807) is 4.90 Å². The van der Waals surface area contributed by atoms with Crippen LogP contribution in [0, 0.1) is 0 Å². The standard InChI is InChI=1S/C21H22N2O4S/c24-20(14-28-17-8-9-18-19(13-17)27-12-2-11-26-18)22-15-4-6-16(7-5-15)23-10-1-3-21(23)25/h4-9,13H,1-3,10-12,14H2,(H,22,24). The minimum atomic E-state index is -0.0814. The van der Waals surface area contributed by atoms with Crippen molar-refractivity contribution in [2.45, 2.75) is 24.2 Å². The lowest BCUT2D eigenvalue weighted by Crippen LogP contribution is -2.23. The van der Waals surface area contributed by atoms with Crippen LogP contribution >= 0.6 is 11.8 Å². The van der Waals surface area contributed by atoms with Crippen molar-refractivity contribution in [3.05, 3.63) is 42.5 Å². The van der Waals surface area contributed by atoms with Gasteiger partial charge in [0.25, 0.3) is 0 Å². The van der Waals surface area contributed by atoms with Gasteiger partial charge in [-0.3, -0.25) is 9.59 Å². The van der Waals surface area contributed by atoms with Crippen molar-refractivity contribution in [2.24, 2.45) is 0 Å². The second-order valence-electron chi connectivity index (χ2n) is 6.69. The summed E-state index contributed by atoms with van der Waals surface area (Å²) < 4.78 is 11.3. The van der Waals surface area contributed by atoms with Gasteiger partial charge in [-0.1, -0.05) is 0 Å². The third kappa shape index (κ3) is 4.42. The molecule has 2 aromatic carbocycles. The summed E-state index contributed by atoms with van der Waals surface area (Å²) in [4.78, 5) is 26.8. The molecule has 7 heteroatoms. The SMILES string of the molecule is O=C(CSc1ccc2c(c1)OCCCO2)Nc1ccc(N2CCCC2=O)cc1. The topological polar surface area (TPSA) is 67.9 Å². The average Bonchev–Trinajstić information content (AvgIpc) is 2.99. The Morgan fingerprint density at radius 3 is 2.57 bits per heavy atom. The maximum Gasteiger partial charge on any atom is 0.234 e. The van der Waals surface area contributed by atoms with Crippen molar-refractivity contribution >= 4 is 35.0 Å². The summed E-state index contributed by atoms with van der Waals surface area (Å²) in [5, 5.41) is 2.89. The Bertz CT molecular complexity index is 869. The molecule has 0 saturated carbocycles. The molecule has 0 aromatic heterocycles. The Balaban J connectivity index is 1.31. The summed E-state index contributed by atoms with van der Waals surface area (Å²) in [5.41, 5.74) is 1.60. The van der Waals surface area contributed by atoms with E-state index in [0.717, 1.165) is 47.2 Å². The van der Waals surface area contributed by atoms with Crippen LogP contribution in [0.1, 0.15) is 19.3 Å². The molecule has 0 radical (unpaired) electrons. The van der Waals surface area contributed by atoms with Gasteiger partial charge in [-0.2, -0.15) is 0 Å². The molecule has 0 aliphatic carbocycles. The highest BCUT2D eigenvalue weighted by Gasteiger charge is 2.21. The molecule has 1 N–H and O–H groups in total. The van der Waals surface area contributed by atoms with E-state index in [1.165, 1.54) is 11.8 Å². The number of benzene rings is 2. The highest BCUT2D eigenvalue weighted by atomic mass is 32.2. The van der Waals surface area contributed by atoms with Gasteiger partial charge in [-0.25, -0.2) is 0 Å². The number of thioether (sulfide) groups is 1. The predicted octanol–water partition coefficient (Wildman–Crippen LogP) is 3.71. The number of hydrogen-bond acceptors (Lipinski definition) is 5. The zero-order chi connectivity index (χ0) is 19.3. The third-order valence-corrected chi connectivity index (χ3v) is 5.62. The number of nitrogens with one attached hydrogen (secondary N) is 1. The zero-order valence-corrected chi connectivity index (χ0v) is 16.3. The molecule has 0 bridgehead atoms. The second kappa shape index (κ2) is 8.56. The van der Waals surface area contributed by atoms with E-state index in [-0.39, 0.29) is 11.8 Å². The zero-order valence-electron chi connectivity index (χ0n) is 15.5. The van der Waals surface area contributed by atoms with Crippen molar-refractivity contribution in [1.82, 2.24) is 0 Å². The Hall–Kier alpha value is -2.67. The summed E-state index contributed by atoms with van der Waals surface area (Å²) >= 11 is 1.45. The van der Waals surface area contributed by atoms with Crippen LogP contribution in [0.3, 0.4) is 0 Å². The fourth-order valence-electron chi connectivity index (χ4n) is 3.23. The normalized spacial score (nSPS) is 16.0. The van der Waals surface area contributed by atoms with Crippen LogP contribution in [0.15, 0.2) is 47.4 Å². The summed E-state index contributed by atoms with van der Waals surface area (Å²) in [6.07, 6.45) is 2.37. The number of carbonyl (C=O) groups excluding carboxylic acids is 2. The molecular formula is C21H22N2O4S. The van der Waals surface area contributed by atoms with Crippen molar-refractivity contribution in [3.8, 4) is 11.5 Å². The molecule has 2 heterocycles. The molecule has 0 spiro atoms. The number of hydrogen-bond donors (Lipinski definition) is 1. The van der Waals surface area contributed by atoms with Gasteiger partial charge < -0.3 is 19.7 Å². The van der Waals surface area contributed by atoms with Crippen molar-refractivity contribution in [3.63, 3.8) is 0 Å². The number of ether oxygens (including phenoxy) is 2. The number of amides is 2. The first-order chi connectivity index (χ1) is 13.7. The van der Waals surface area contributed by atoms with Gasteiger partial charge in [0.05, 0.1) is 19.0 Å². The molecule has 1 fully saturated rings. The molecule has 4 rings (SSSR count). The fraction of sp³-hybridized carbons (Fsp3) is 0.333. The Kier molecular flexibility index (Phi) is 5.71. The van der Waals surface area contributed by atoms with E-state index in [2.05, 4.69) is 5.32 Å². The van der Waals surface area contributed by atoms with E-state index in [9.17, 15) is 9.59 Å². The largest absolute Gasteiger partial charge is 0.490 e. The van der Waals surface area contributed by atoms with Crippen LogP contribution in [-0.4, -0.2) is 37.3 Å². The minimum absolute atomic E-state index is 0.0814. The molecule has 2 aromatic rings. The van der Waals surface area contributed by atoms with Crippen molar-refractivity contribution < 1.29 is 19.1 Å². The Morgan fingerprint density at radius 2 is 1.82 bits per heavy atom. The van der Waals surface area contributed by atoms with Crippen LogP contribution in [0.5, 0.6) is 11.5 Å². The van der Waals surface area contributed by atoms with Gasteiger partial charge in [0.2, 0.25) is 11.8 Å². The number of fused-ring (bicyclic) bond motifs is 1. The van der Waals surface area contributed by atoms with Gasteiger partial charge in [0.15, 0.2) is 11.5 Å². The first-order valence-corrected chi connectivity index (χ1v) is 10.4. The summed E-state index contributed by atoms with van der Waals surface area (Å²) in [5.74, 6) is 1.86. The molecular weight excluding hydrogens is 376 g/mol. The number of carbonyl (C=O) groups is 2. The van der Waals surface area contributed by atoms with Crippen LogP contribution in [0.4, 0.5) is 11.4 Å². The maximum atomic E-state index is 12.3. The predicted molar refractivity (Wildman–Crippen MR) is 109 cm³/mol. The molecule has 2 aliphatic heterocycles. The summed E-state index contributed by atoms with van der Waals surface area (Å²) in [7, 11) is 0. The second-order valence-corrected chi connectivity index (χ2v) is 7.74. The van der Waals surface area contributed by atoms with Crippen molar-refractivity contribution in [2.75, 3.05) is 35.7 Å². The van der Waals surface area contributed by atoms with Crippen molar-refractivity contribution in [1.29, 1.82) is 0 Å². The monoisotopic (exact) mass is 398 g/mol. The number of nitrogens with zero attached hydrogens (tertiary/aromatic N) is 1. The molecule has 2 aliphatic rings. The highest BCUT2D eigenvalue weighted by molar-refractivity contribution is 8.00. The molecule has 146 valence electrons. The van der Waals surface area contributed by atoms with E-state index in [1.807, 2.05) is 42.5 Å². The lowest BCUT2D eigenvalue weighted by Gasteiger charge is -2.16. The fourth-order valence-corrected chi connectivity index (χ4v) is 3.95.